The van der Waals surface area contributed by atoms with Gasteiger partial charge in [0.1, 0.15) is 17.4 Å². The van der Waals surface area contributed by atoms with Crippen LogP contribution in [0.2, 0.25) is 0 Å². The molecule has 0 atom stereocenters. The number of para-hydroxylation sites is 1. The number of aromatic nitrogens is 2. The van der Waals surface area contributed by atoms with Crippen molar-refractivity contribution in [3.05, 3.63) is 47.9 Å². The van der Waals surface area contributed by atoms with E-state index in [1.807, 2.05) is 37.4 Å². The molecule has 19 heavy (non-hydrogen) atoms. The Morgan fingerprint density at radius 1 is 1.16 bits per heavy atom. The molecule has 0 unspecified atom stereocenters. The van der Waals surface area contributed by atoms with Crippen LogP contribution in [0.25, 0.3) is 0 Å². The van der Waals surface area contributed by atoms with Crippen molar-refractivity contribution >= 4 is 5.82 Å². The first-order valence-corrected chi connectivity index (χ1v) is 6.15. The lowest BCUT2D eigenvalue weighted by Gasteiger charge is -2.10. The lowest BCUT2D eigenvalue weighted by atomic mass is 10.2. The topological polar surface area (TPSA) is 59.1 Å². The van der Waals surface area contributed by atoms with Gasteiger partial charge in [0.2, 0.25) is 0 Å². The highest BCUT2D eigenvalue weighted by Crippen LogP contribution is 2.18. The van der Waals surface area contributed by atoms with E-state index in [2.05, 4.69) is 20.6 Å². The lowest BCUT2D eigenvalue weighted by Crippen LogP contribution is -2.10. The predicted octanol–water partition coefficient (Wildman–Crippen LogP) is 1.82. The number of nitrogens with one attached hydrogen (secondary N) is 2. The number of nitrogens with zero attached hydrogens (tertiary/aromatic N) is 2. The van der Waals surface area contributed by atoms with Crippen molar-refractivity contribution in [2.75, 3.05) is 19.5 Å². The molecule has 0 bridgehead atoms. The maximum atomic E-state index is 5.31. The van der Waals surface area contributed by atoms with Gasteiger partial charge in [-0.1, -0.05) is 18.2 Å². The van der Waals surface area contributed by atoms with Crippen molar-refractivity contribution in [2.45, 2.75) is 13.1 Å². The van der Waals surface area contributed by atoms with Crippen molar-refractivity contribution < 1.29 is 4.74 Å². The summed E-state index contributed by atoms with van der Waals surface area (Å²) in [5, 5.41) is 6.31. The van der Waals surface area contributed by atoms with Crippen LogP contribution >= 0.6 is 0 Å². The Hall–Kier alpha value is -2.14. The van der Waals surface area contributed by atoms with Crippen LogP contribution < -0.4 is 15.4 Å². The molecular weight excluding hydrogens is 240 g/mol. The Kier molecular flexibility index (Phi) is 4.69. The summed E-state index contributed by atoms with van der Waals surface area (Å²) in [6, 6.07) is 9.78. The van der Waals surface area contributed by atoms with E-state index in [4.69, 9.17) is 4.74 Å². The average Bonchev–Trinajstić information content (AvgIpc) is 2.46. The first kappa shape index (κ1) is 13.3. The standard InChI is InChI=1S/C14H18N4O/c1-15-10-14-16-8-7-13(18-14)17-9-11-5-3-4-6-12(11)19-2/h3-8,15H,9-10H2,1-2H3,(H,16,17,18). The van der Waals surface area contributed by atoms with E-state index >= 15 is 0 Å². The summed E-state index contributed by atoms with van der Waals surface area (Å²) in [4.78, 5) is 8.59. The molecule has 0 radical (unpaired) electrons. The first-order valence-electron chi connectivity index (χ1n) is 6.15. The van der Waals surface area contributed by atoms with Crippen LogP contribution in [0, 0.1) is 0 Å². The molecule has 1 aromatic heterocycles. The van der Waals surface area contributed by atoms with Gasteiger partial charge in [0.15, 0.2) is 0 Å². The lowest BCUT2D eigenvalue weighted by molar-refractivity contribution is 0.410. The smallest absolute Gasteiger partial charge is 0.144 e. The molecule has 1 aromatic carbocycles. The molecule has 0 aliphatic heterocycles. The molecule has 2 N–H and O–H groups in total. The van der Waals surface area contributed by atoms with Crippen molar-refractivity contribution in [3.63, 3.8) is 0 Å². The minimum atomic E-state index is 0.657. The zero-order valence-electron chi connectivity index (χ0n) is 11.2. The fourth-order valence-electron chi connectivity index (χ4n) is 1.78. The maximum absolute atomic E-state index is 5.31. The normalized spacial score (nSPS) is 10.2. The summed E-state index contributed by atoms with van der Waals surface area (Å²) in [5.41, 5.74) is 1.10. The second-order valence-corrected chi connectivity index (χ2v) is 4.05. The summed E-state index contributed by atoms with van der Waals surface area (Å²) in [7, 11) is 3.55. The minimum absolute atomic E-state index is 0.657. The minimum Gasteiger partial charge on any atom is -0.496 e. The Balaban J connectivity index is 2.03. The quantitative estimate of drug-likeness (QED) is 0.827. The maximum Gasteiger partial charge on any atom is 0.144 e. The molecule has 0 fully saturated rings. The molecule has 0 aliphatic rings. The van der Waals surface area contributed by atoms with Gasteiger partial charge >= 0.3 is 0 Å². The summed E-state index contributed by atoms with van der Waals surface area (Å²) in [6.07, 6.45) is 1.75. The molecule has 0 saturated heterocycles. The Bertz CT molecular complexity index is 530. The van der Waals surface area contributed by atoms with E-state index in [1.165, 1.54) is 0 Å². The first-order chi connectivity index (χ1) is 9.33. The fraction of sp³-hybridized carbons (Fsp3) is 0.286. The van der Waals surface area contributed by atoms with Gasteiger partial charge in [-0.15, -0.1) is 0 Å². The van der Waals surface area contributed by atoms with Gasteiger partial charge < -0.3 is 15.4 Å². The zero-order valence-corrected chi connectivity index (χ0v) is 11.2. The monoisotopic (exact) mass is 258 g/mol. The number of ether oxygens (including phenoxy) is 1. The molecule has 0 spiro atoms. The van der Waals surface area contributed by atoms with Crippen LogP contribution in [-0.4, -0.2) is 24.1 Å². The van der Waals surface area contributed by atoms with Gasteiger partial charge in [-0.2, -0.15) is 0 Å². The summed E-state index contributed by atoms with van der Waals surface area (Å²) >= 11 is 0. The van der Waals surface area contributed by atoms with Crippen molar-refractivity contribution in [1.82, 2.24) is 15.3 Å². The number of benzene rings is 1. The van der Waals surface area contributed by atoms with Gasteiger partial charge in [0.05, 0.1) is 13.7 Å². The van der Waals surface area contributed by atoms with E-state index in [-0.39, 0.29) is 0 Å². The van der Waals surface area contributed by atoms with Gasteiger partial charge in [0, 0.05) is 18.3 Å². The Morgan fingerprint density at radius 3 is 2.79 bits per heavy atom. The van der Waals surface area contributed by atoms with E-state index in [0.717, 1.165) is 23.0 Å². The van der Waals surface area contributed by atoms with E-state index in [1.54, 1.807) is 13.3 Å². The highest BCUT2D eigenvalue weighted by molar-refractivity contribution is 5.39. The van der Waals surface area contributed by atoms with Gasteiger partial charge in [-0.3, -0.25) is 0 Å². The molecule has 0 aliphatic carbocycles. The van der Waals surface area contributed by atoms with Crippen molar-refractivity contribution in [1.29, 1.82) is 0 Å². The summed E-state index contributed by atoms with van der Waals surface area (Å²) < 4.78 is 5.31. The van der Waals surface area contributed by atoms with Crippen LogP contribution in [0.4, 0.5) is 5.82 Å². The molecular formula is C14H18N4O. The highest BCUT2D eigenvalue weighted by atomic mass is 16.5. The molecule has 0 saturated carbocycles. The Labute approximate surface area is 113 Å². The second kappa shape index (κ2) is 6.70. The number of hydrogen-bond donors (Lipinski definition) is 2. The average molecular weight is 258 g/mol. The molecule has 5 heteroatoms. The van der Waals surface area contributed by atoms with Gasteiger partial charge in [0.25, 0.3) is 0 Å². The van der Waals surface area contributed by atoms with Crippen LogP contribution in [-0.2, 0) is 13.1 Å². The van der Waals surface area contributed by atoms with Crippen LogP contribution in [0.15, 0.2) is 36.5 Å². The molecule has 100 valence electrons. The number of anilines is 1. The van der Waals surface area contributed by atoms with E-state index < -0.39 is 0 Å². The number of methoxy groups -OCH3 is 1. The van der Waals surface area contributed by atoms with Crippen molar-refractivity contribution in [3.8, 4) is 5.75 Å². The van der Waals surface area contributed by atoms with Crippen LogP contribution in [0.1, 0.15) is 11.4 Å². The number of rotatable bonds is 6. The van der Waals surface area contributed by atoms with Crippen molar-refractivity contribution in [2.24, 2.45) is 0 Å². The Morgan fingerprint density at radius 2 is 2.00 bits per heavy atom. The molecule has 5 nitrogen and oxygen atoms in total. The SMILES string of the molecule is CNCc1nccc(NCc2ccccc2OC)n1. The summed E-state index contributed by atoms with van der Waals surface area (Å²) in [5.74, 6) is 2.46. The van der Waals surface area contributed by atoms with Crippen LogP contribution in [0.5, 0.6) is 5.75 Å². The third kappa shape index (κ3) is 3.66. The predicted molar refractivity (Wildman–Crippen MR) is 75.1 cm³/mol. The third-order valence-corrected chi connectivity index (χ3v) is 2.69. The molecule has 1 heterocycles. The molecule has 2 aromatic rings. The van der Waals surface area contributed by atoms with Gasteiger partial charge in [-0.25, -0.2) is 9.97 Å². The zero-order chi connectivity index (χ0) is 13.5. The molecule has 2 rings (SSSR count). The van der Waals surface area contributed by atoms with Gasteiger partial charge in [-0.05, 0) is 19.2 Å². The summed E-state index contributed by atoms with van der Waals surface area (Å²) in [6.45, 7) is 1.32. The largest absolute Gasteiger partial charge is 0.496 e. The second-order valence-electron chi connectivity index (χ2n) is 4.05. The van der Waals surface area contributed by atoms with Crippen LogP contribution in [0.3, 0.4) is 0 Å². The van der Waals surface area contributed by atoms with E-state index in [9.17, 15) is 0 Å². The number of hydrogen-bond acceptors (Lipinski definition) is 5. The van der Waals surface area contributed by atoms with E-state index in [0.29, 0.717) is 13.1 Å². The fourth-order valence-corrected chi connectivity index (χ4v) is 1.78. The highest BCUT2D eigenvalue weighted by Gasteiger charge is 2.02. The molecule has 0 amide bonds. The third-order valence-electron chi connectivity index (χ3n) is 2.69.